The minimum absolute atomic E-state index is 0.447. The van der Waals surface area contributed by atoms with Gasteiger partial charge in [0.15, 0.2) is 0 Å². The summed E-state index contributed by atoms with van der Waals surface area (Å²) in [6.45, 7) is 1.82. The normalized spacial score (nSPS) is 8.62. The third-order valence-corrected chi connectivity index (χ3v) is 1.43. The number of hydrogen-bond donors (Lipinski definition) is 0. The second-order valence-corrected chi connectivity index (χ2v) is 2.34. The van der Waals surface area contributed by atoms with Gasteiger partial charge in [0.05, 0.1) is 0 Å². The van der Waals surface area contributed by atoms with Gasteiger partial charge in [0, 0.05) is 0 Å². The van der Waals surface area contributed by atoms with Crippen LogP contribution in [0, 0.1) is 19.5 Å². The maximum atomic E-state index is 10.8. The third kappa shape index (κ3) is 2.53. The summed E-state index contributed by atoms with van der Waals surface area (Å²) in [6, 6.07) is 7.08. The van der Waals surface area contributed by atoms with Gasteiger partial charge in [-0.1, -0.05) is 24.6 Å². The smallest absolute Gasteiger partial charge is 0.394 e. The SMILES string of the molecule is C#COC(=O)Oc1ccccc1C. The molecule has 0 radical (unpaired) electrons. The maximum Gasteiger partial charge on any atom is 0.528 e. The van der Waals surface area contributed by atoms with E-state index < -0.39 is 6.16 Å². The summed E-state index contributed by atoms with van der Waals surface area (Å²) < 4.78 is 8.95. The minimum Gasteiger partial charge on any atom is -0.394 e. The van der Waals surface area contributed by atoms with Crippen LogP contribution in [-0.2, 0) is 4.74 Å². The molecule has 1 aromatic carbocycles. The molecular weight excluding hydrogens is 168 g/mol. The van der Waals surface area contributed by atoms with Gasteiger partial charge in [-0.3, -0.25) is 0 Å². The van der Waals surface area contributed by atoms with Crippen molar-refractivity contribution in [3.63, 3.8) is 0 Å². The van der Waals surface area contributed by atoms with Gasteiger partial charge in [0.25, 0.3) is 0 Å². The lowest BCUT2D eigenvalue weighted by Crippen LogP contribution is -2.07. The molecular formula is C10H8O3. The number of ether oxygens (including phenoxy) is 2. The number of aryl methyl sites for hydroxylation is 1. The molecule has 0 atom stereocenters. The summed E-state index contributed by atoms with van der Waals surface area (Å²) in [5, 5.41) is 0. The fourth-order valence-electron chi connectivity index (χ4n) is 0.830. The van der Waals surface area contributed by atoms with Crippen LogP contribution in [0.1, 0.15) is 5.56 Å². The van der Waals surface area contributed by atoms with Gasteiger partial charge < -0.3 is 9.47 Å². The van der Waals surface area contributed by atoms with Gasteiger partial charge in [-0.25, -0.2) is 4.79 Å². The molecule has 0 fully saturated rings. The van der Waals surface area contributed by atoms with Crippen LogP contribution < -0.4 is 4.74 Å². The number of hydrogen-bond acceptors (Lipinski definition) is 3. The molecule has 0 unspecified atom stereocenters. The summed E-state index contributed by atoms with van der Waals surface area (Å²) in [5.41, 5.74) is 0.844. The monoisotopic (exact) mass is 176 g/mol. The molecule has 0 N–H and O–H groups in total. The highest BCUT2D eigenvalue weighted by Crippen LogP contribution is 2.16. The largest absolute Gasteiger partial charge is 0.528 e. The molecule has 0 aliphatic heterocycles. The molecule has 1 aromatic rings. The summed E-state index contributed by atoms with van der Waals surface area (Å²) in [7, 11) is 0. The third-order valence-electron chi connectivity index (χ3n) is 1.43. The number of para-hydroxylation sites is 1. The van der Waals surface area contributed by atoms with Gasteiger partial charge in [-0.15, -0.1) is 0 Å². The summed E-state index contributed by atoms with van der Waals surface area (Å²) >= 11 is 0. The van der Waals surface area contributed by atoms with Gasteiger partial charge in [-0.05, 0) is 18.6 Å². The zero-order valence-electron chi connectivity index (χ0n) is 7.11. The molecule has 3 nitrogen and oxygen atoms in total. The Kier molecular flexibility index (Phi) is 2.93. The molecule has 13 heavy (non-hydrogen) atoms. The molecule has 0 aliphatic rings. The Morgan fingerprint density at radius 1 is 1.46 bits per heavy atom. The van der Waals surface area contributed by atoms with E-state index >= 15 is 0 Å². The summed E-state index contributed by atoms with van der Waals surface area (Å²) in [4.78, 5) is 10.8. The number of carbonyl (C=O) groups excluding carboxylic acids is 1. The van der Waals surface area contributed by atoms with E-state index in [0.29, 0.717) is 5.75 Å². The Hall–Kier alpha value is -1.95. The molecule has 66 valence electrons. The van der Waals surface area contributed by atoms with Crippen LogP contribution in [-0.4, -0.2) is 6.16 Å². The first-order chi connectivity index (χ1) is 6.24. The van der Waals surface area contributed by atoms with Crippen molar-refractivity contribution in [3.8, 4) is 18.3 Å². The van der Waals surface area contributed by atoms with E-state index in [1.807, 2.05) is 19.1 Å². The standard InChI is InChI=1S/C10H8O3/c1-3-12-10(11)13-9-7-5-4-6-8(9)2/h1,4-7H,2H3. The minimum atomic E-state index is -0.892. The van der Waals surface area contributed by atoms with Crippen LogP contribution in [0.4, 0.5) is 4.79 Å². The Morgan fingerprint density at radius 2 is 2.15 bits per heavy atom. The van der Waals surface area contributed by atoms with Gasteiger partial charge in [0.1, 0.15) is 11.9 Å². The van der Waals surface area contributed by atoms with E-state index in [9.17, 15) is 4.79 Å². The number of terminal acetylenes is 1. The highest BCUT2D eigenvalue weighted by atomic mass is 16.7. The molecule has 0 saturated carbocycles. The molecule has 0 heterocycles. The lowest BCUT2D eigenvalue weighted by atomic mass is 10.2. The highest BCUT2D eigenvalue weighted by Gasteiger charge is 2.05. The first kappa shape index (κ1) is 9.14. The summed E-state index contributed by atoms with van der Waals surface area (Å²) in [6.07, 6.45) is 5.59. The van der Waals surface area contributed by atoms with Crippen LogP contribution in [0.15, 0.2) is 24.3 Å². The van der Waals surface area contributed by atoms with Gasteiger partial charge >= 0.3 is 6.16 Å². The van der Waals surface area contributed by atoms with Crippen molar-refractivity contribution in [1.82, 2.24) is 0 Å². The van der Waals surface area contributed by atoms with Crippen molar-refractivity contribution in [2.24, 2.45) is 0 Å². The molecule has 0 aromatic heterocycles. The van der Waals surface area contributed by atoms with Crippen molar-refractivity contribution in [2.45, 2.75) is 6.92 Å². The van der Waals surface area contributed by atoms with Crippen molar-refractivity contribution in [3.05, 3.63) is 29.8 Å². The average molecular weight is 176 g/mol. The Balaban J connectivity index is 2.70. The molecule has 0 amide bonds. The first-order valence-corrected chi connectivity index (χ1v) is 3.64. The van der Waals surface area contributed by atoms with Crippen molar-refractivity contribution >= 4 is 6.16 Å². The number of benzene rings is 1. The lowest BCUT2D eigenvalue weighted by Gasteiger charge is -2.03. The van der Waals surface area contributed by atoms with Crippen LogP contribution in [0.3, 0.4) is 0 Å². The Morgan fingerprint density at radius 3 is 2.77 bits per heavy atom. The van der Waals surface area contributed by atoms with Crippen molar-refractivity contribution in [2.75, 3.05) is 0 Å². The molecule has 1 rings (SSSR count). The lowest BCUT2D eigenvalue weighted by molar-refractivity contribution is 0.142. The highest BCUT2D eigenvalue weighted by molar-refractivity contribution is 5.65. The van der Waals surface area contributed by atoms with E-state index in [1.165, 1.54) is 0 Å². The van der Waals surface area contributed by atoms with Gasteiger partial charge in [0.2, 0.25) is 0 Å². The first-order valence-electron chi connectivity index (χ1n) is 3.64. The average Bonchev–Trinajstić information content (AvgIpc) is 2.09. The maximum absolute atomic E-state index is 10.8. The van der Waals surface area contributed by atoms with Crippen LogP contribution in [0.2, 0.25) is 0 Å². The van der Waals surface area contributed by atoms with E-state index in [2.05, 4.69) is 4.74 Å². The van der Waals surface area contributed by atoms with E-state index in [0.717, 1.165) is 5.56 Å². The van der Waals surface area contributed by atoms with Crippen molar-refractivity contribution < 1.29 is 14.3 Å². The predicted molar refractivity (Wildman–Crippen MR) is 47.1 cm³/mol. The second-order valence-electron chi connectivity index (χ2n) is 2.34. The second kappa shape index (κ2) is 4.17. The van der Waals surface area contributed by atoms with Crippen molar-refractivity contribution in [1.29, 1.82) is 0 Å². The van der Waals surface area contributed by atoms with E-state index in [-0.39, 0.29) is 0 Å². The Labute approximate surface area is 76.3 Å². The zero-order chi connectivity index (χ0) is 9.68. The summed E-state index contributed by atoms with van der Waals surface area (Å²) in [5.74, 6) is 0.447. The van der Waals surface area contributed by atoms with Gasteiger partial charge in [-0.2, -0.15) is 0 Å². The van der Waals surface area contributed by atoms with Crippen LogP contribution in [0.25, 0.3) is 0 Å². The van der Waals surface area contributed by atoms with Crippen LogP contribution >= 0.6 is 0 Å². The van der Waals surface area contributed by atoms with Crippen LogP contribution in [0.5, 0.6) is 5.75 Å². The molecule has 0 saturated heterocycles. The fourth-order valence-corrected chi connectivity index (χ4v) is 0.830. The molecule has 0 spiro atoms. The molecule has 3 heteroatoms. The number of rotatable bonds is 1. The number of carbonyl (C=O) groups is 1. The Bertz CT molecular complexity index is 349. The van der Waals surface area contributed by atoms with E-state index in [1.54, 1.807) is 18.2 Å². The fraction of sp³-hybridized carbons (Fsp3) is 0.100. The molecule has 0 bridgehead atoms. The predicted octanol–water partition coefficient (Wildman–Crippen LogP) is 2.10. The molecule has 0 aliphatic carbocycles. The van der Waals surface area contributed by atoms with E-state index in [4.69, 9.17) is 11.2 Å². The zero-order valence-corrected chi connectivity index (χ0v) is 7.11. The quantitative estimate of drug-likeness (QED) is 0.373. The topological polar surface area (TPSA) is 35.5 Å².